The van der Waals surface area contributed by atoms with E-state index in [0.29, 0.717) is 17.0 Å². The average molecular weight is 420 g/mol. The second kappa shape index (κ2) is 6.56. The van der Waals surface area contributed by atoms with Gasteiger partial charge in [0.1, 0.15) is 5.75 Å². The van der Waals surface area contributed by atoms with Crippen LogP contribution in [0.15, 0.2) is 39.4 Å². The first-order valence-electron chi connectivity index (χ1n) is 5.47. The zero-order valence-electron chi connectivity index (χ0n) is 10.3. The Balaban J connectivity index is 2.30. The van der Waals surface area contributed by atoms with Crippen molar-refractivity contribution < 1.29 is 9.53 Å². The Hall–Kier alpha value is -1.11. The van der Waals surface area contributed by atoms with E-state index in [1.165, 1.54) is 7.11 Å². The standard InChI is InChI=1S/C13H9Br2ClN2O2/c1-20-11-5-7(14)2-3-9(11)13(19)18-10-4-8(15)6-17-12(10)16/h2-6H,1H3,(H,18,19). The van der Waals surface area contributed by atoms with Crippen LogP contribution in [0.2, 0.25) is 5.15 Å². The molecule has 20 heavy (non-hydrogen) atoms. The summed E-state index contributed by atoms with van der Waals surface area (Å²) >= 11 is 12.5. The van der Waals surface area contributed by atoms with Gasteiger partial charge in [0.15, 0.2) is 5.15 Å². The highest BCUT2D eigenvalue weighted by atomic mass is 79.9. The van der Waals surface area contributed by atoms with Gasteiger partial charge < -0.3 is 10.1 Å². The van der Waals surface area contributed by atoms with E-state index in [-0.39, 0.29) is 11.1 Å². The number of methoxy groups -OCH3 is 1. The van der Waals surface area contributed by atoms with Gasteiger partial charge in [-0.2, -0.15) is 0 Å². The van der Waals surface area contributed by atoms with Gasteiger partial charge in [-0.1, -0.05) is 27.5 Å². The lowest BCUT2D eigenvalue weighted by molar-refractivity contribution is 0.102. The summed E-state index contributed by atoms with van der Waals surface area (Å²) in [6, 6.07) is 6.82. The molecule has 1 aromatic carbocycles. The molecule has 104 valence electrons. The number of anilines is 1. The molecule has 1 heterocycles. The Morgan fingerprint density at radius 3 is 2.75 bits per heavy atom. The maximum Gasteiger partial charge on any atom is 0.259 e. The normalized spacial score (nSPS) is 10.2. The second-order valence-electron chi connectivity index (χ2n) is 3.79. The van der Waals surface area contributed by atoms with Crippen molar-refractivity contribution in [3.05, 3.63) is 50.1 Å². The molecule has 0 bridgehead atoms. The highest BCUT2D eigenvalue weighted by Gasteiger charge is 2.14. The van der Waals surface area contributed by atoms with Crippen molar-refractivity contribution in [2.75, 3.05) is 12.4 Å². The Bertz CT molecular complexity index is 665. The van der Waals surface area contributed by atoms with E-state index in [1.807, 2.05) is 0 Å². The van der Waals surface area contributed by atoms with Crippen molar-refractivity contribution in [1.82, 2.24) is 4.98 Å². The topological polar surface area (TPSA) is 51.2 Å². The highest BCUT2D eigenvalue weighted by Crippen LogP contribution is 2.27. The summed E-state index contributed by atoms with van der Waals surface area (Å²) in [5.41, 5.74) is 0.836. The molecular weight excluding hydrogens is 411 g/mol. The molecule has 1 amide bonds. The maximum absolute atomic E-state index is 12.3. The lowest BCUT2D eigenvalue weighted by Crippen LogP contribution is -2.13. The first kappa shape index (κ1) is 15.3. The molecule has 0 radical (unpaired) electrons. The molecule has 2 aromatic rings. The van der Waals surface area contributed by atoms with Gasteiger partial charge in [-0.15, -0.1) is 0 Å². The number of pyridine rings is 1. The van der Waals surface area contributed by atoms with Crippen molar-refractivity contribution in [3.63, 3.8) is 0 Å². The molecule has 0 saturated heterocycles. The molecule has 0 aliphatic heterocycles. The quantitative estimate of drug-likeness (QED) is 0.743. The first-order valence-corrected chi connectivity index (χ1v) is 7.43. The molecule has 0 atom stereocenters. The monoisotopic (exact) mass is 418 g/mol. The van der Waals surface area contributed by atoms with Crippen LogP contribution in [0, 0.1) is 0 Å². The molecule has 1 aromatic heterocycles. The van der Waals surface area contributed by atoms with Crippen molar-refractivity contribution in [1.29, 1.82) is 0 Å². The SMILES string of the molecule is COc1cc(Br)ccc1C(=O)Nc1cc(Br)cnc1Cl. The zero-order chi connectivity index (χ0) is 14.7. The van der Waals surface area contributed by atoms with Crippen LogP contribution in [0.5, 0.6) is 5.75 Å². The molecule has 1 N–H and O–H groups in total. The summed E-state index contributed by atoms with van der Waals surface area (Å²) in [5, 5.41) is 2.92. The molecule has 0 spiro atoms. The van der Waals surface area contributed by atoms with E-state index in [4.69, 9.17) is 16.3 Å². The van der Waals surface area contributed by atoms with Gasteiger partial charge in [-0.3, -0.25) is 4.79 Å². The average Bonchev–Trinajstić information content (AvgIpc) is 2.42. The van der Waals surface area contributed by atoms with Crippen molar-refractivity contribution in [2.45, 2.75) is 0 Å². The minimum Gasteiger partial charge on any atom is -0.496 e. The maximum atomic E-state index is 12.3. The van der Waals surface area contributed by atoms with Crippen LogP contribution in [0.1, 0.15) is 10.4 Å². The van der Waals surface area contributed by atoms with Gasteiger partial charge in [0.2, 0.25) is 0 Å². The van der Waals surface area contributed by atoms with E-state index in [9.17, 15) is 4.79 Å². The van der Waals surface area contributed by atoms with E-state index in [0.717, 1.165) is 8.95 Å². The third-order valence-corrected chi connectivity index (χ3v) is 3.69. The van der Waals surface area contributed by atoms with Crippen LogP contribution in [-0.4, -0.2) is 18.0 Å². The summed E-state index contributed by atoms with van der Waals surface area (Å²) < 4.78 is 6.74. The number of carbonyl (C=O) groups excluding carboxylic acids is 1. The fraction of sp³-hybridized carbons (Fsp3) is 0.0769. The van der Waals surface area contributed by atoms with Crippen LogP contribution < -0.4 is 10.1 Å². The molecule has 2 rings (SSSR count). The van der Waals surface area contributed by atoms with Crippen LogP contribution in [-0.2, 0) is 0 Å². The lowest BCUT2D eigenvalue weighted by Gasteiger charge is -2.10. The summed E-state index contributed by atoms with van der Waals surface area (Å²) in [5.74, 6) is 0.145. The van der Waals surface area contributed by atoms with Crippen molar-refractivity contribution in [3.8, 4) is 5.75 Å². The molecule has 4 nitrogen and oxygen atoms in total. The predicted molar refractivity (Wildman–Crippen MR) is 85.6 cm³/mol. The second-order valence-corrected chi connectivity index (χ2v) is 5.98. The number of benzene rings is 1. The van der Waals surface area contributed by atoms with Gasteiger partial charge >= 0.3 is 0 Å². The van der Waals surface area contributed by atoms with Crippen LogP contribution >= 0.6 is 43.5 Å². The Morgan fingerprint density at radius 2 is 2.05 bits per heavy atom. The van der Waals surface area contributed by atoms with E-state index >= 15 is 0 Å². The zero-order valence-corrected chi connectivity index (χ0v) is 14.2. The molecule has 0 fully saturated rings. The minimum atomic E-state index is -0.323. The number of nitrogens with zero attached hydrogens (tertiary/aromatic N) is 1. The lowest BCUT2D eigenvalue weighted by atomic mass is 10.2. The fourth-order valence-electron chi connectivity index (χ4n) is 1.55. The summed E-state index contributed by atoms with van der Waals surface area (Å²) in [6.45, 7) is 0. The van der Waals surface area contributed by atoms with E-state index in [2.05, 4.69) is 42.2 Å². The molecule has 0 aliphatic carbocycles. The number of amides is 1. The van der Waals surface area contributed by atoms with Gasteiger partial charge in [0, 0.05) is 15.1 Å². The molecule has 7 heteroatoms. The van der Waals surface area contributed by atoms with Crippen LogP contribution in [0.3, 0.4) is 0 Å². The largest absolute Gasteiger partial charge is 0.496 e. The Morgan fingerprint density at radius 1 is 1.30 bits per heavy atom. The van der Waals surface area contributed by atoms with Gasteiger partial charge in [-0.05, 0) is 40.2 Å². The minimum absolute atomic E-state index is 0.220. The Labute approximate surface area is 137 Å². The summed E-state index contributed by atoms with van der Waals surface area (Å²) in [4.78, 5) is 16.2. The van der Waals surface area contributed by atoms with Crippen molar-refractivity contribution >= 4 is 55.1 Å². The van der Waals surface area contributed by atoms with Crippen molar-refractivity contribution in [2.24, 2.45) is 0 Å². The number of carbonyl (C=O) groups is 1. The molecule has 0 unspecified atom stereocenters. The van der Waals surface area contributed by atoms with Gasteiger partial charge in [0.05, 0.1) is 18.4 Å². The van der Waals surface area contributed by atoms with Gasteiger partial charge in [-0.25, -0.2) is 4.98 Å². The van der Waals surface area contributed by atoms with E-state index < -0.39 is 0 Å². The first-order chi connectivity index (χ1) is 9.51. The number of hydrogen-bond acceptors (Lipinski definition) is 3. The number of ether oxygens (including phenoxy) is 1. The molecule has 0 aliphatic rings. The van der Waals surface area contributed by atoms with E-state index in [1.54, 1.807) is 30.5 Å². The Kier molecular flexibility index (Phi) is 5.01. The smallest absolute Gasteiger partial charge is 0.259 e. The number of halogens is 3. The van der Waals surface area contributed by atoms with Crippen LogP contribution in [0.4, 0.5) is 5.69 Å². The van der Waals surface area contributed by atoms with Gasteiger partial charge in [0.25, 0.3) is 5.91 Å². The third-order valence-electron chi connectivity index (χ3n) is 2.46. The predicted octanol–water partition coefficient (Wildman–Crippen LogP) is 4.52. The highest BCUT2D eigenvalue weighted by molar-refractivity contribution is 9.10. The fourth-order valence-corrected chi connectivity index (χ4v) is 2.37. The van der Waals surface area contributed by atoms with Crippen LogP contribution in [0.25, 0.3) is 0 Å². The number of hydrogen-bond donors (Lipinski definition) is 1. The molecule has 0 saturated carbocycles. The summed E-state index contributed by atoms with van der Waals surface area (Å²) in [7, 11) is 1.51. The number of aromatic nitrogens is 1. The number of rotatable bonds is 3. The summed E-state index contributed by atoms with van der Waals surface area (Å²) in [6.07, 6.45) is 1.55. The number of nitrogens with one attached hydrogen (secondary N) is 1. The third kappa shape index (κ3) is 3.50. The molecular formula is C13H9Br2ClN2O2.